The summed E-state index contributed by atoms with van der Waals surface area (Å²) in [5.41, 5.74) is 5.41. The van der Waals surface area contributed by atoms with E-state index in [1.165, 1.54) is 13.8 Å². The first-order valence-corrected chi connectivity index (χ1v) is 8.57. The maximum absolute atomic E-state index is 12.4. The number of hydrogen-bond acceptors (Lipinski definition) is 7. The van der Waals surface area contributed by atoms with Gasteiger partial charge in [0.25, 0.3) is 0 Å². The molecule has 28 heavy (non-hydrogen) atoms. The summed E-state index contributed by atoms with van der Waals surface area (Å²) >= 11 is 0. The molecule has 0 aliphatic carbocycles. The van der Waals surface area contributed by atoms with E-state index in [0.717, 1.165) is 0 Å². The van der Waals surface area contributed by atoms with E-state index < -0.39 is 72.3 Å². The lowest BCUT2D eigenvalue weighted by Gasteiger charge is -2.27. The van der Waals surface area contributed by atoms with Crippen LogP contribution >= 0.6 is 0 Å². The molecule has 0 heterocycles. The van der Waals surface area contributed by atoms with Crippen molar-refractivity contribution in [2.24, 2.45) is 11.7 Å². The molecule has 0 aliphatic heterocycles. The minimum Gasteiger partial charge on any atom is -0.481 e. The molecule has 12 nitrogen and oxygen atoms in total. The highest BCUT2D eigenvalue weighted by molar-refractivity contribution is 5.94. The summed E-state index contributed by atoms with van der Waals surface area (Å²) in [5.74, 6) is -5.98. The Morgan fingerprint density at radius 2 is 1.29 bits per heavy atom. The Hall–Kier alpha value is -2.73. The van der Waals surface area contributed by atoms with Crippen LogP contribution in [0.25, 0.3) is 0 Å². The van der Waals surface area contributed by atoms with Crippen molar-refractivity contribution in [3.05, 3.63) is 0 Å². The molecular weight excluding hydrogens is 376 g/mol. The van der Waals surface area contributed by atoms with Crippen molar-refractivity contribution in [3.8, 4) is 0 Å². The zero-order valence-corrected chi connectivity index (χ0v) is 16.1. The number of carboxylic acid groups (broad SMARTS) is 2. The standard InChI is InChI=1S/C16H28N4O8/c1-6(2)11(14(25)18-9(16(27)28)5-10(22)23)19-15(26)12(8(4)21)20-13(24)7(3)17/h6-9,11-12,21H,5,17H2,1-4H3,(H,18,25)(H,19,26)(H,20,24)(H,22,23)(H,27,28). The quantitative estimate of drug-likeness (QED) is 0.192. The van der Waals surface area contributed by atoms with Crippen molar-refractivity contribution >= 4 is 29.7 Å². The molecule has 0 saturated carbocycles. The summed E-state index contributed by atoms with van der Waals surface area (Å²) in [4.78, 5) is 58.4. The van der Waals surface area contributed by atoms with Gasteiger partial charge in [0, 0.05) is 0 Å². The molecule has 0 aliphatic rings. The number of aliphatic hydroxyl groups is 1. The number of aliphatic carboxylic acids is 2. The zero-order valence-electron chi connectivity index (χ0n) is 16.1. The highest BCUT2D eigenvalue weighted by Gasteiger charge is 2.33. The van der Waals surface area contributed by atoms with Gasteiger partial charge in [-0.15, -0.1) is 0 Å². The highest BCUT2D eigenvalue weighted by Crippen LogP contribution is 2.06. The van der Waals surface area contributed by atoms with Gasteiger partial charge in [0.1, 0.15) is 18.1 Å². The number of nitrogens with two attached hydrogens (primary N) is 1. The molecule has 0 fully saturated rings. The third-order valence-electron chi connectivity index (χ3n) is 3.72. The van der Waals surface area contributed by atoms with Crippen molar-refractivity contribution in [2.45, 2.75) is 64.4 Å². The van der Waals surface area contributed by atoms with Crippen LogP contribution in [0.2, 0.25) is 0 Å². The lowest BCUT2D eigenvalue weighted by molar-refractivity contribution is -0.147. The summed E-state index contributed by atoms with van der Waals surface area (Å²) in [6.45, 7) is 5.76. The minimum atomic E-state index is -1.69. The van der Waals surface area contributed by atoms with Crippen molar-refractivity contribution in [2.75, 3.05) is 0 Å². The summed E-state index contributed by atoms with van der Waals surface area (Å²) in [6, 6.07) is -5.27. The SMILES string of the molecule is CC(N)C(=O)NC(C(=O)NC(C(=O)NC(CC(=O)O)C(=O)O)C(C)C)C(C)O. The third-order valence-corrected chi connectivity index (χ3v) is 3.72. The molecule has 3 amide bonds. The Kier molecular flexibility index (Phi) is 10.1. The molecule has 5 unspecified atom stereocenters. The van der Waals surface area contributed by atoms with Crippen molar-refractivity contribution in [1.82, 2.24) is 16.0 Å². The maximum Gasteiger partial charge on any atom is 0.326 e. The van der Waals surface area contributed by atoms with Crippen LogP contribution in [-0.2, 0) is 24.0 Å². The van der Waals surface area contributed by atoms with Crippen LogP contribution in [-0.4, -0.2) is 75.3 Å². The van der Waals surface area contributed by atoms with Gasteiger partial charge in [0.15, 0.2) is 0 Å². The molecule has 0 aromatic heterocycles. The molecule has 0 aromatic carbocycles. The molecule has 8 N–H and O–H groups in total. The van der Waals surface area contributed by atoms with Crippen LogP contribution in [0.1, 0.15) is 34.1 Å². The lowest BCUT2D eigenvalue weighted by atomic mass is 10.0. The molecule has 0 aromatic rings. The van der Waals surface area contributed by atoms with Crippen LogP contribution in [0, 0.1) is 5.92 Å². The third kappa shape index (κ3) is 8.31. The number of carbonyl (C=O) groups is 5. The van der Waals surface area contributed by atoms with Gasteiger partial charge < -0.3 is 37.0 Å². The summed E-state index contributed by atoms with van der Waals surface area (Å²) in [6.07, 6.45) is -2.15. The predicted molar refractivity (Wildman–Crippen MR) is 95.8 cm³/mol. The van der Waals surface area contributed by atoms with E-state index in [0.29, 0.717) is 0 Å². The topological polar surface area (TPSA) is 208 Å². The molecule has 0 rings (SSSR count). The summed E-state index contributed by atoms with van der Waals surface area (Å²) < 4.78 is 0. The van der Waals surface area contributed by atoms with Gasteiger partial charge in [-0.1, -0.05) is 13.8 Å². The van der Waals surface area contributed by atoms with Gasteiger partial charge in [0.05, 0.1) is 18.6 Å². The monoisotopic (exact) mass is 404 g/mol. The molecule has 5 atom stereocenters. The number of aliphatic hydroxyl groups excluding tert-OH is 1. The first-order chi connectivity index (χ1) is 12.8. The normalized spacial score (nSPS) is 16.2. The number of nitrogens with one attached hydrogen (secondary N) is 3. The Morgan fingerprint density at radius 1 is 0.821 bits per heavy atom. The molecule has 0 bridgehead atoms. The molecule has 0 saturated heterocycles. The van der Waals surface area contributed by atoms with Crippen LogP contribution in [0.3, 0.4) is 0 Å². The predicted octanol–water partition coefficient (Wildman–Crippen LogP) is -2.62. The van der Waals surface area contributed by atoms with E-state index in [1.54, 1.807) is 13.8 Å². The smallest absolute Gasteiger partial charge is 0.326 e. The zero-order chi connectivity index (χ0) is 22.2. The van der Waals surface area contributed by atoms with Gasteiger partial charge in [-0.2, -0.15) is 0 Å². The van der Waals surface area contributed by atoms with Gasteiger partial charge in [-0.05, 0) is 19.8 Å². The van der Waals surface area contributed by atoms with Crippen molar-refractivity contribution in [1.29, 1.82) is 0 Å². The lowest BCUT2D eigenvalue weighted by Crippen LogP contribution is -2.60. The number of carbonyl (C=O) groups excluding carboxylic acids is 3. The van der Waals surface area contributed by atoms with Crippen LogP contribution in [0.4, 0.5) is 0 Å². The van der Waals surface area contributed by atoms with Crippen molar-refractivity contribution in [3.63, 3.8) is 0 Å². The van der Waals surface area contributed by atoms with E-state index in [-0.39, 0.29) is 0 Å². The second-order valence-electron chi connectivity index (χ2n) is 6.74. The van der Waals surface area contributed by atoms with E-state index >= 15 is 0 Å². The number of rotatable bonds is 11. The Labute approximate surface area is 161 Å². The summed E-state index contributed by atoms with van der Waals surface area (Å²) in [5, 5.41) is 34.2. The average Bonchev–Trinajstić information content (AvgIpc) is 2.54. The first-order valence-electron chi connectivity index (χ1n) is 8.57. The molecule has 0 radical (unpaired) electrons. The molecule has 0 spiro atoms. The average molecular weight is 404 g/mol. The fourth-order valence-corrected chi connectivity index (χ4v) is 2.10. The Balaban J connectivity index is 5.32. The van der Waals surface area contributed by atoms with Gasteiger partial charge in [-0.3, -0.25) is 19.2 Å². The number of hydrogen-bond donors (Lipinski definition) is 7. The van der Waals surface area contributed by atoms with Crippen molar-refractivity contribution < 1.29 is 39.3 Å². The van der Waals surface area contributed by atoms with Gasteiger partial charge >= 0.3 is 11.9 Å². The van der Waals surface area contributed by atoms with Gasteiger partial charge in [-0.25, -0.2) is 4.79 Å². The second-order valence-corrected chi connectivity index (χ2v) is 6.74. The second kappa shape index (κ2) is 11.2. The van der Waals surface area contributed by atoms with E-state index in [2.05, 4.69) is 16.0 Å². The number of amides is 3. The maximum atomic E-state index is 12.4. The minimum absolute atomic E-state index is 0.512. The first kappa shape index (κ1) is 25.3. The molecule has 160 valence electrons. The van der Waals surface area contributed by atoms with E-state index in [4.69, 9.17) is 15.9 Å². The molecule has 12 heteroatoms. The fraction of sp³-hybridized carbons (Fsp3) is 0.688. The highest BCUT2D eigenvalue weighted by atomic mass is 16.4. The van der Waals surface area contributed by atoms with Crippen LogP contribution in [0.15, 0.2) is 0 Å². The number of carboxylic acids is 2. The van der Waals surface area contributed by atoms with E-state index in [1.807, 2.05) is 0 Å². The Bertz CT molecular complexity index is 605. The van der Waals surface area contributed by atoms with Crippen LogP contribution < -0.4 is 21.7 Å². The van der Waals surface area contributed by atoms with E-state index in [9.17, 15) is 29.1 Å². The molecular formula is C16H28N4O8. The Morgan fingerprint density at radius 3 is 1.64 bits per heavy atom. The fourth-order valence-electron chi connectivity index (χ4n) is 2.10. The van der Waals surface area contributed by atoms with Crippen LogP contribution in [0.5, 0.6) is 0 Å². The summed E-state index contributed by atoms with van der Waals surface area (Å²) in [7, 11) is 0. The van der Waals surface area contributed by atoms with Gasteiger partial charge in [0.2, 0.25) is 17.7 Å². The largest absolute Gasteiger partial charge is 0.481 e.